The first kappa shape index (κ1) is 24.9. The summed E-state index contributed by atoms with van der Waals surface area (Å²) in [5, 5.41) is 12.1. The van der Waals surface area contributed by atoms with Gasteiger partial charge in [0.05, 0.1) is 58.7 Å². The van der Waals surface area contributed by atoms with E-state index < -0.39 is 23.5 Å². The fraction of sp³-hybridized carbons (Fsp3) is 0.160. The minimum atomic E-state index is -0.975. The summed E-state index contributed by atoms with van der Waals surface area (Å²) in [6, 6.07) is 11.9. The molecule has 3 aromatic rings. The number of likely N-dealkylation sites (tertiary alicyclic amines) is 1. The van der Waals surface area contributed by atoms with Crippen molar-refractivity contribution in [3.8, 4) is 11.5 Å². The molecule has 0 spiro atoms. The SMILES string of the molecule is COc1cc(OC)c(/C(O)=C2\C(=O)C(=O)N(Cc3ccccn3)C2c2ccc(Cl)c(Cl)c2)cc1Cl. The standard InChI is InChI=1S/C25H19Cl3N2O5/c1-34-19-11-20(35-2)18(28)10-15(19)23(31)21-22(13-6-7-16(26)17(27)9-13)30(25(33)24(21)32)12-14-5-3-4-8-29-14/h3-11,22,31H,12H2,1-2H3/b23-21+. The summed E-state index contributed by atoms with van der Waals surface area (Å²) in [5.74, 6) is -1.61. The number of hydrogen-bond acceptors (Lipinski definition) is 6. The van der Waals surface area contributed by atoms with Gasteiger partial charge in [-0.1, -0.05) is 46.9 Å². The molecule has 35 heavy (non-hydrogen) atoms. The number of pyridine rings is 1. The first-order valence-electron chi connectivity index (χ1n) is 10.3. The van der Waals surface area contributed by atoms with Gasteiger partial charge in [-0.3, -0.25) is 14.6 Å². The van der Waals surface area contributed by atoms with Gasteiger partial charge in [0.25, 0.3) is 11.7 Å². The van der Waals surface area contributed by atoms with Crippen molar-refractivity contribution in [3.05, 3.63) is 92.2 Å². The van der Waals surface area contributed by atoms with E-state index in [1.54, 1.807) is 42.6 Å². The highest BCUT2D eigenvalue weighted by Gasteiger charge is 2.46. The topological polar surface area (TPSA) is 89.0 Å². The fourth-order valence-electron chi connectivity index (χ4n) is 3.93. The van der Waals surface area contributed by atoms with Gasteiger partial charge in [-0.25, -0.2) is 0 Å². The fourth-order valence-corrected chi connectivity index (χ4v) is 4.48. The maximum absolute atomic E-state index is 13.3. The van der Waals surface area contributed by atoms with E-state index in [-0.39, 0.29) is 33.5 Å². The average molecular weight is 534 g/mol. The number of ketones is 1. The minimum Gasteiger partial charge on any atom is -0.507 e. The zero-order valence-corrected chi connectivity index (χ0v) is 20.9. The Bertz CT molecular complexity index is 1340. The molecule has 0 bridgehead atoms. The van der Waals surface area contributed by atoms with Crippen LogP contribution in [0.3, 0.4) is 0 Å². The van der Waals surface area contributed by atoms with Gasteiger partial charge < -0.3 is 19.5 Å². The van der Waals surface area contributed by atoms with E-state index >= 15 is 0 Å². The van der Waals surface area contributed by atoms with Crippen LogP contribution in [0.15, 0.2) is 60.3 Å². The number of carbonyl (C=O) groups excluding carboxylic acids is 2. The van der Waals surface area contributed by atoms with Gasteiger partial charge in [-0.05, 0) is 35.9 Å². The Hall–Kier alpha value is -3.26. The normalized spacial score (nSPS) is 17.1. The number of nitrogens with zero attached hydrogens (tertiary/aromatic N) is 2. The van der Waals surface area contributed by atoms with Crippen LogP contribution in [0.1, 0.15) is 22.9 Å². The third kappa shape index (κ3) is 4.67. The Morgan fingerprint density at radius 2 is 1.71 bits per heavy atom. The molecule has 1 unspecified atom stereocenters. The monoisotopic (exact) mass is 532 g/mol. The number of carbonyl (C=O) groups is 2. The number of halogens is 3. The molecule has 7 nitrogen and oxygen atoms in total. The summed E-state index contributed by atoms with van der Waals surface area (Å²) < 4.78 is 10.6. The van der Waals surface area contributed by atoms with Gasteiger partial charge in [0.1, 0.15) is 17.3 Å². The first-order chi connectivity index (χ1) is 16.8. The van der Waals surface area contributed by atoms with E-state index in [9.17, 15) is 14.7 Å². The lowest BCUT2D eigenvalue weighted by atomic mass is 9.95. The molecule has 1 saturated heterocycles. The summed E-state index contributed by atoms with van der Waals surface area (Å²) in [6.07, 6.45) is 1.59. The van der Waals surface area contributed by atoms with Gasteiger partial charge in [-0.2, -0.15) is 0 Å². The number of Topliss-reactive ketones (excluding diaryl/α,β-unsaturated/α-hetero) is 1. The van der Waals surface area contributed by atoms with Crippen molar-refractivity contribution in [2.45, 2.75) is 12.6 Å². The third-order valence-corrected chi connectivity index (χ3v) is 6.62. The molecule has 1 aromatic heterocycles. The van der Waals surface area contributed by atoms with Crippen molar-refractivity contribution in [1.29, 1.82) is 0 Å². The summed E-state index contributed by atoms with van der Waals surface area (Å²) >= 11 is 18.6. The van der Waals surface area contributed by atoms with Crippen LogP contribution in [0.5, 0.6) is 11.5 Å². The first-order valence-corrected chi connectivity index (χ1v) is 11.4. The van der Waals surface area contributed by atoms with E-state index in [1.165, 1.54) is 31.3 Å². The van der Waals surface area contributed by atoms with Crippen LogP contribution >= 0.6 is 34.8 Å². The molecule has 4 rings (SSSR count). The predicted octanol–water partition coefficient (Wildman–Crippen LogP) is 5.68. The van der Waals surface area contributed by atoms with E-state index in [4.69, 9.17) is 44.3 Å². The maximum Gasteiger partial charge on any atom is 0.296 e. The molecule has 1 atom stereocenters. The Morgan fingerprint density at radius 1 is 0.971 bits per heavy atom. The quantitative estimate of drug-likeness (QED) is 0.249. The number of aromatic nitrogens is 1. The van der Waals surface area contributed by atoms with Crippen LogP contribution in [0.2, 0.25) is 15.1 Å². The van der Waals surface area contributed by atoms with E-state index in [0.717, 1.165) is 0 Å². The van der Waals surface area contributed by atoms with Crippen LogP contribution in [-0.2, 0) is 16.1 Å². The minimum absolute atomic E-state index is 0.0214. The van der Waals surface area contributed by atoms with Gasteiger partial charge in [-0.15, -0.1) is 0 Å². The molecule has 1 aliphatic heterocycles. The molecular weight excluding hydrogens is 515 g/mol. The highest BCUT2D eigenvalue weighted by molar-refractivity contribution is 6.47. The van der Waals surface area contributed by atoms with Gasteiger partial charge in [0, 0.05) is 12.3 Å². The van der Waals surface area contributed by atoms with Gasteiger partial charge >= 0.3 is 0 Å². The number of rotatable bonds is 6. The molecule has 180 valence electrons. The highest BCUT2D eigenvalue weighted by Crippen LogP contribution is 2.44. The van der Waals surface area contributed by atoms with E-state index in [0.29, 0.717) is 22.0 Å². The summed E-state index contributed by atoms with van der Waals surface area (Å²) in [7, 11) is 2.84. The number of benzene rings is 2. The largest absolute Gasteiger partial charge is 0.507 e. The zero-order chi connectivity index (χ0) is 25.3. The highest BCUT2D eigenvalue weighted by atomic mass is 35.5. The molecule has 1 N–H and O–H groups in total. The maximum atomic E-state index is 13.3. The van der Waals surface area contributed by atoms with Crippen molar-refractivity contribution in [2.75, 3.05) is 14.2 Å². The zero-order valence-electron chi connectivity index (χ0n) is 18.6. The van der Waals surface area contributed by atoms with Crippen LogP contribution in [0.25, 0.3) is 5.76 Å². The Balaban J connectivity index is 1.94. The van der Waals surface area contributed by atoms with Gasteiger partial charge in [0.15, 0.2) is 0 Å². The van der Waals surface area contributed by atoms with Crippen molar-refractivity contribution in [3.63, 3.8) is 0 Å². The molecular formula is C25H19Cl3N2O5. The summed E-state index contributed by atoms with van der Waals surface area (Å²) in [6.45, 7) is 0.0214. The Morgan fingerprint density at radius 3 is 2.34 bits per heavy atom. The lowest BCUT2D eigenvalue weighted by Crippen LogP contribution is -2.29. The molecule has 0 saturated carbocycles. The molecule has 1 aliphatic rings. The van der Waals surface area contributed by atoms with Crippen LogP contribution in [0, 0.1) is 0 Å². The number of amides is 1. The van der Waals surface area contributed by atoms with Crippen molar-refractivity contribution < 1.29 is 24.2 Å². The molecule has 0 radical (unpaired) electrons. The van der Waals surface area contributed by atoms with E-state index in [2.05, 4.69) is 4.98 Å². The van der Waals surface area contributed by atoms with Crippen molar-refractivity contribution in [2.24, 2.45) is 0 Å². The van der Waals surface area contributed by atoms with Crippen molar-refractivity contribution in [1.82, 2.24) is 9.88 Å². The lowest BCUT2D eigenvalue weighted by molar-refractivity contribution is -0.140. The number of ether oxygens (including phenoxy) is 2. The smallest absolute Gasteiger partial charge is 0.296 e. The number of aliphatic hydroxyl groups is 1. The third-order valence-electron chi connectivity index (χ3n) is 5.59. The molecule has 2 heterocycles. The number of aliphatic hydroxyl groups excluding tert-OH is 1. The number of hydrogen-bond donors (Lipinski definition) is 1. The molecule has 1 amide bonds. The molecule has 0 aliphatic carbocycles. The Kier molecular flexibility index (Phi) is 7.21. The van der Waals surface area contributed by atoms with Crippen LogP contribution in [-0.4, -0.2) is 40.9 Å². The molecule has 2 aromatic carbocycles. The lowest BCUT2D eigenvalue weighted by Gasteiger charge is -2.25. The summed E-state index contributed by atoms with van der Waals surface area (Å²) in [5.41, 5.74) is 1.02. The summed E-state index contributed by atoms with van der Waals surface area (Å²) in [4.78, 5) is 32.0. The molecule has 10 heteroatoms. The second-order valence-corrected chi connectivity index (χ2v) is 8.83. The van der Waals surface area contributed by atoms with Gasteiger partial charge in [0.2, 0.25) is 0 Å². The van der Waals surface area contributed by atoms with Crippen LogP contribution in [0.4, 0.5) is 0 Å². The predicted molar refractivity (Wildman–Crippen MR) is 133 cm³/mol. The second-order valence-electron chi connectivity index (χ2n) is 7.61. The van der Waals surface area contributed by atoms with E-state index in [1.807, 2.05) is 0 Å². The molecule has 1 fully saturated rings. The second kappa shape index (κ2) is 10.2. The average Bonchev–Trinajstić information content (AvgIpc) is 3.10. The number of methoxy groups -OCH3 is 2. The van der Waals surface area contributed by atoms with Crippen molar-refractivity contribution >= 4 is 52.3 Å². The Labute approximate surface area is 216 Å². The van der Waals surface area contributed by atoms with Crippen LogP contribution < -0.4 is 9.47 Å².